The number of nitrogens with zero attached hydrogens (tertiary/aromatic N) is 2. The molecule has 1 saturated heterocycles. The van der Waals surface area contributed by atoms with Gasteiger partial charge in [0.1, 0.15) is 5.75 Å². The van der Waals surface area contributed by atoms with Crippen LogP contribution in [0, 0.1) is 0 Å². The lowest BCUT2D eigenvalue weighted by Crippen LogP contribution is -2.48. The molecule has 1 heterocycles. The van der Waals surface area contributed by atoms with Gasteiger partial charge < -0.3 is 14.6 Å². The minimum atomic E-state index is -4.71. The van der Waals surface area contributed by atoms with Crippen LogP contribution in [-0.2, 0) is 4.74 Å². The number of halogens is 3. The number of aliphatic hydroxyl groups is 1. The smallest absolute Gasteiger partial charge is 0.406 e. The second-order valence-corrected chi connectivity index (χ2v) is 5.77. The van der Waals surface area contributed by atoms with E-state index < -0.39 is 12.5 Å². The fourth-order valence-corrected chi connectivity index (χ4v) is 2.66. The number of benzene rings is 1. The van der Waals surface area contributed by atoms with Gasteiger partial charge in [0, 0.05) is 46.4 Å². The third-order valence-electron chi connectivity index (χ3n) is 4.01. The summed E-state index contributed by atoms with van der Waals surface area (Å²) >= 11 is 0. The minimum Gasteiger partial charge on any atom is -0.406 e. The second kappa shape index (κ2) is 8.66. The molecule has 1 aromatic rings. The molecule has 1 fully saturated rings. The van der Waals surface area contributed by atoms with Gasteiger partial charge in [0.15, 0.2) is 0 Å². The number of methoxy groups -OCH3 is 1. The van der Waals surface area contributed by atoms with E-state index in [-0.39, 0.29) is 5.75 Å². The number of alkyl halides is 3. The van der Waals surface area contributed by atoms with E-state index in [9.17, 15) is 18.3 Å². The fraction of sp³-hybridized carbons (Fsp3) is 0.625. The Bertz CT molecular complexity index is 488. The molecular formula is C16H23F3N2O3. The van der Waals surface area contributed by atoms with Crippen LogP contribution in [0.3, 0.4) is 0 Å². The van der Waals surface area contributed by atoms with Gasteiger partial charge >= 0.3 is 6.36 Å². The molecule has 2 rings (SSSR count). The molecule has 136 valence electrons. The molecule has 1 atom stereocenters. The quantitative estimate of drug-likeness (QED) is 0.815. The molecule has 0 aromatic heterocycles. The van der Waals surface area contributed by atoms with E-state index in [0.717, 1.165) is 32.7 Å². The highest BCUT2D eigenvalue weighted by Gasteiger charge is 2.31. The number of rotatable bonds is 7. The lowest BCUT2D eigenvalue weighted by atomic mass is 10.1. The standard InChI is InChI=1S/C16H23F3N2O3/c1-23-11-10-20-6-8-21(9-7-20)12-15(22)13-2-4-14(5-3-13)24-16(17,18)19/h2-5,15,22H,6-12H2,1H3/t15-/m1/s1. The van der Waals surface area contributed by atoms with Crippen molar-refractivity contribution in [2.75, 3.05) is 53.0 Å². The lowest BCUT2D eigenvalue weighted by molar-refractivity contribution is -0.274. The van der Waals surface area contributed by atoms with Crippen molar-refractivity contribution in [1.82, 2.24) is 9.80 Å². The zero-order valence-corrected chi connectivity index (χ0v) is 13.6. The Morgan fingerprint density at radius 1 is 1.08 bits per heavy atom. The average Bonchev–Trinajstić information content (AvgIpc) is 2.53. The number of aliphatic hydroxyl groups excluding tert-OH is 1. The van der Waals surface area contributed by atoms with Crippen molar-refractivity contribution in [2.45, 2.75) is 12.5 Å². The summed E-state index contributed by atoms with van der Waals surface area (Å²) in [6.45, 7) is 5.56. The number of ether oxygens (including phenoxy) is 2. The number of piperazine rings is 1. The molecule has 1 N–H and O–H groups in total. The average molecular weight is 348 g/mol. The highest BCUT2D eigenvalue weighted by atomic mass is 19.4. The Balaban J connectivity index is 1.79. The van der Waals surface area contributed by atoms with Crippen LogP contribution in [0.25, 0.3) is 0 Å². The summed E-state index contributed by atoms with van der Waals surface area (Å²) in [7, 11) is 1.68. The Morgan fingerprint density at radius 3 is 2.21 bits per heavy atom. The summed E-state index contributed by atoms with van der Waals surface area (Å²) in [5.41, 5.74) is 0.575. The molecule has 0 bridgehead atoms. The molecule has 1 aliphatic rings. The fourth-order valence-electron chi connectivity index (χ4n) is 2.66. The van der Waals surface area contributed by atoms with Crippen molar-refractivity contribution in [1.29, 1.82) is 0 Å². The normalized spacial score (nSPS) is 18.5. The zero-order valence-electron chi connectivity index (χ0n) is 13.6. The molecule has 0 spiro atoms. The SMILES string of the molecule is COCCN1CCN(C[C@@H](O)c2ccc(OC(F)(F)F)cc2)CC1. The van der Waals surface area contributed by atoms with Crippen LogP contribution in [0.2, 0.25) is 0 Å². The Labute approximate surface area is 139 Å². The van der Waals surface area contributed by atoms with Gasteiger partial charge in [0.2, 0.25) is 0 Å². The molecule has 0 unspecified atom stereocenters. The highest BCUT2D eigenvalue weighted by Crippen LogP contribution is 2.24. The molecule has 1 aromatic carbocycles. The molecule has 5 nitrogen and oxygen atoms in total. The molecule has 8 heteroatoms. The highest BCUT2D eigenvalue weighted by molar-refractivity contribution is 5.28. The first-order chi connectivity index (χ1) is 11.4. The molecule has 24 heavy (non-hydrogen) atoms. The first-order valence-corrected chi connectivity index (χ1v) is 7.85. The van der Waals surface area contributed by atoms with E-state index in [1.807, 2.05) is 0 Å². The van der Waals surface area contributed by atoms with E-state index in [1.54, 1.807) is 7.11 Å². The summed E-state index contributed by atoms with van der Waals surface area (Å²) in [6, 6.07) is 5.35. The van der Waals surface area contributed by atoms with Gasteiger partial charge in [-0.25, -0.2) is 0 Å². The summed E-state index contributed by atoms with van der Waals surface area (Å²) in [4.78, 5) is 4.45. The van der Waals surface area contributed by atoms with Crippen LogP contribution < -0.4 is 4.74 Å². The van der Waals surface area contributed by atoms with Gasteiger partial charge in [0.05, 0.1) is 12.7 Å². The molecule has 0 aliphatic carbocycles. The number of hydrogen-bond donors (Lipinski definition) is 1. The summed E-state index contributed by atoms with van der Waals surface area (Å²) in [5, 5.41) is 10.3. The molecule has 0 amide bonds. The van der Waals surface area contributed by atoms with Gasteiger partial charge in [-0.05, 0) is 17.7 Å². The van der Waals surface area contributed by atoms with Crippen molar-refractivity contribution in [3.63, 3.8) is 0 Å². The van der Waals surface area contributed by atoms with E-state index in [1.165, 1.54) is 24.3 Å². The van der Waals surface area contributed by atoms with E-state index in [0.29, 0.717) is 18.7 Å². The van der Waals surface area contributed by atoms with Gasteiger partial charge in [-0.15, -0.1) is 13.2 Å². The van der Waals surface area contributed by atoms with Gasteiger partial charge in [-0.3, -0.25) is 9.80 Å². The maximum Gasteiger partial charge on any atom is 0.573 e. The molecular weight excluding hydrogens is 325 g/mol. The molecule has 0 radical (unpaired) electrons. The molecule has 1 aliphatic heterocycles. The zero-order chi connectivity index (χ0) is 17.6. The Kier molecular flexibility index (Phi) is 6.85. The first-order valence-electron chi connectivity index (χ1n) is 7.85. The van der Waals surface area contributed by atoms with Crippen molar-refractivity contribution in [3.05, 3.63) is 29.8 Å². The van der Waals surface area contributed by atoms with Crippen molar-refractivity contribution in [2.24, 2.45) is 0 Å². The summed E-state index contributed by atoms with van der Waals surface area (Å²) in [5.74, 6) is -0.287. The van der Waals surface area contributed by atoms with Crippen LogP contribution in [0.15, 0.2) is 24.3 Å². The Morgan fingerprint density at radius 2 is 1.67 bits per heavy atom. The van der Waals surface area contributed by atoms with E-state index in [4.69, 9.17) is 4.74 Å². The topological polar surface area (TPSA) is 45.2 Å². The predicted octanol–water partition coefficient (Wildman–Crippen LogP) is 1.88. The van der Waals surface area contributed by atoms with E-state index in [2.05, 4.69) is 14.5 Å². The van der Waals surface area contributed by atoms with Gasteiger partial charge in [-0.1, -0.05) is 12.1 Å². The van der Waals surface area contributed by atoms with Crippen molar-refractivity contribution in [3.8, 4) is 5.75 Å². The third-order valence-corrected chi connectivity index (χ3v) is 4.01. The largest absolute Gasteiger partial charge is 0.573 e. The lowest BCUT2D eigenvalue weighted by Gasteiger charge is -2.35. The van der Waals surface area contributed by atoms with Crippen LogP contribution >= 0.6 is 0 Å². The monoisotopic (exact) mass is 348 g/mol. The van der Waals surface area contributed by atoms with Crippen LogP contribution in [-0.4, -0.2) is 74.3 Å². The maximum absolute atomic E-state index is 12.1. The second-order valence-electron chi connectivity index (χ2n) is 5.77. The first kappa shape index (κ1) is 19.0. The summed E-state index contributed by atoms with van der Waals surface area (Å²) in [6.07, 6.45) is -5.45. The van der Waals surface area contributed by atoms with Crippen LogP contribution in [0.4, 0.5) is 13.2 Å². The number of hydrogen-bond acceptors (Lipinski definition) is 5. The minimum absolute atomic E-state index is 0.287. The number of β-amino-alcohol motifs (C(OH)–C–C–N with tert-alkyl or cyclic N) is 1. The van der Waals surface area contributed by atoms with Crippen LogP contribution in [0.5, 0.6) is 5.75 Å². The molecule has 0 saturated carbocycles. The van der Waals surface area contributed by atoms with Crippen molar-refractivity contribution >= 4 is 0 Å². The van der Waals surface area contributed by atoms with Crippen molar-refractivity contribution < 1.29 is 27.8 Å². The van der Waals surface area contributed by atoms with Crippen LogP contribution in [0.1, 0.15) is 11.7 Å². The third kappa shape index (κ3) is 6.27. The van der Waals surface area contributed by atoms with E-state index >= 15 is 0 Å². The predicted molar refractivity (Wildman–Crippen MR) is 82.8 cm³/mol. The van der Waals surface area contributed by atoms with Gasteiger partial charge in [0.25, 0.3) is 0 Å². The summed E-state index contributed by atoms with van der Waals surface area (Å²) < 4.78 is 45.3. The van der Waals surface area contributed by atoms with Gasteiger partial charge in [-0.2, -0.15) is 0 Å². The Hall–Kier alpha value is -1.35. The maximum atomic E-state index is 12.1.